The Morgan fingerprint density at radius 1 is 0.889 bits per heavy atom. The van der Waals surface area contributed by atoms with E-state index >= 15 is 0 Å². The van der Waals surface area contributed by atoms with Gasteiger partial charge in [-0.2, -0.15) is 4.99 Å². The Balaban J connectivity index is 1.63. The minimum Gasteiger partial charge on any atom is -0.493 e. The SMILES string of the molecule is COc1cc2nc(-c3cccc4cccnc34)nc(NCCCC(=NC(=O)OC(C)(C)C)NC(=O)OC(C)(C)C)c2cc1OC. The number of amidine groups is 1. The normalized spacial score (nSPS) is 12.1. The lowest BCUT2D eigenvalue weighted by atomic mass is 10.1. The van der Waals surface area contributed by atoms with Crippen molar-refractivity contribution in [2.24, 2.45) is 4.99 Å². The molecule has 2 N–H and O–H groups in total. The summed E-state index contributed by atoms with van der Waals surface area (Å²) in [6, 6.07) is 13.4. The monoisotopic (exact) mass is 616 g/mol. The van der Waals surface area contributed by atoms with Gasteiger partial charge in [0.1, 0.15) is 22.9 Å². The number of aromatic nitrogens is 3. The van der Waals surface area contributed by atoms with Crippen molar-refractivity contribution >= 4 is 45.6 Å². The third-order valence-electron chi connectivity index (χ3n) is 6.22. The fourth-order valence-electron chi connectivity index (χ4n) is 4.42. The van der Waals surface area contributed by atoms with Crippen LogP contribution in [-0.4, -0.2) is 64.9 Å². The Bertz CT molecular complexity index is 1720. The molecule has 12 heteroatoms. The van der Waals surface area contributed by atoms with E-state index in [2.05, 4.69) is 20.6 Å². The van der Waals surface area contributed by atoms with Crippen molar-refractivity contribution in [2.45, 2.75) is 65.6 Å². The molecular weight excluding hydrogens is 576 g/mol. The third kappa shape index (κ3) is 9.01. The minimum absolute atomic E-state index is 0.127. The van der Waals surface area contributed by atoms with Crippen LogP contribution in [0.2, 0.25) is 0 Å². The number of carbonyl (C=O) groups excluding carboxylic acids is 2. The molecule has 0 spiro atoms. The number of pyridine rings is 1. The molecule has 0 atom stereocenters. The van der Waals surface area contributed by atoms with Gasteiger partial charge < -0.3 is 24.3 Å². The number of aliphatic imine (C=N–C) groups is 1. The Labute approximate surface area is 262 Å². The predicted octanol–water partition coefficient (Wildman–Crippen LogP) is 6.91. The molecule has 0 aliphatic rings. The van der Waals surface area contributed by atoms with Crippen molar-refractivity contribution in [3.63, 3.8) is 0 Å². The van der Waals surface area contributed by atoms with Crippen LogP contribution in [0, 0.1) is 0 Å². The van der Waals surface area contributed by atoms with Crippen molar-refractivity contribution in [3.05, 3.63) is 48.7 Å². The number of methoxy groups -OCH3 is 2. The number of nitrogens with zero attached hydrogens (tertiary/aromatic N) is 4. The minimum atomic E-state index is -0.808. The van der Waals surface area contributed by atoms with E-state index in [9.17, 15) is 9.59 Å². The van der Waals surface area contributed by atoms with Crippen LogP contribution in [0.4, 0.5) is 15.4 Å². The summed E-state index contributed by atoms with van der Waals surface area (Å²) in [5.74, 6) is 2.24. The summed E-state index contributed by atoms with van der Waals surface area (Å²) in [6.07, 6.45) is 0.932. The molecule has 0 saturated carbocycles. The maximum absolute atomic E-state index is 12.5. The second kappa shape index (κ2) is 13.7. The molecule has 12 nitrogen and oxygen atoms in total. The molecule has 45 heavy (non-hydrogen) atoms. The predicted molar refractivity (Wildman–Crippen MR) is 174 cm³/mol. The molecule has 0 fully saturated rings. The Kier molecular flexibility index (Phi) is 10.1. The lowest BCUT2D eigenvalue weighted by Crippen LogP contribution is -2.37. The lowest BCUT2D eigenvalue weighted by Gasteiger charge is -2.21. The number of hydrogen-bond donors (Lipinski definition) is 2. The summed E-state index contributed by atoms with van der Waals surface area (Å²) >= 11 is 0. The molecule has 0 radical (unpaired) electrons. The molecule has 4 aromatic rings. The molecule has 2 heterocycles. The molecule has 0 saturated heterocycles. The number of carbonyl (C=O) groups is 2. The maximum atomic E-state index is 12.5. The van der Waals surface area contributed by atoms with E-state index in [1.165, 1.54) is 0 Å². The molecule has 2 aromatic heterocycles. The topological polar surface area (TPSA) is 146 Å². The van der Waals surface area contributed by atoms with E-state index in [-0.39, 0.29) is 12.3 Å². The van der Waals surface area contributed by atoms with Crippen LogP contribution in [0.1, 0.15) is 54.4 Å². The molecule has 0 aliphatic carbocycles. The largest absolute Gasteiger partial charge is 0.493 e. The van der Waals surface area contributed by atoms with Crippen molar-refractivity contribution < 1.29 is 28.5 Å². The fraction of sp³-hybridized carbons (Fsp3) is 0.394. The zero-order valence-electron chi connectivity index (χ0n) is 27.0. The van der Waals surface area contributed by atoms with Gasteiger partial charge in [0.25, 0.3) is 0 Å². The van der Waals surface area contributed by atoms with Crippen LogP contribution in [0.25, 0.3) is 33.2 Å². The zero-order chi connectivity index (χ0) is 32.8. The van der Waals surface area contributed by atoms with Gasteiger partial charge in [-0.3, -0.25) is 10.3 Å². The van der Waals surface area contributed by atoms with Gasteiger partial charge in [0.05, 0.1) is 25.3 Å². The summed E-state index contributed by atoms with van der Waals surface area (Å²) in [5.41, 5.74) is 0.738. The molecule has 2 aromatic carbocycles. The Morgan fingerprint density at radius 2 is 1.58 bits per heavy atom. The maximum Gasteiger partial charge on any atom is 0.435 e. The van der Waals surface area contributed by atoms with Gasteiger partial charge in [0.15, 0.2) is 17.3 Å². The second-order valence-electron chi connectivity index (χ2n) is 12.2. The van der Waals surface area contributed by atoms with Crippen LogP contribution in [0.5, 0.6) is 11.5 Å². The molecular formula is C33H40N6O6. The van der Waals surface area contributed by atoms with Crippen molar-refractivity contribution in [3.8, 4) is 22.9 Å². The van der Waals surface area contributed by atoms with Gasteiger partial charge in [-0.15, -0.1) is 0 Å². The van der Waals surface area contributed by atoms with E-state index in [1.807, 2.05) is 36.4 Å². The van der Waals surface area contributed by atoms with Crippen LogP contribution < -0.4 is 20.1 Å². The summed E-state index contributed by atoms with van der Waals surface area (Å²) in [6.45, 7) is 10.9. The first-order valence-corrected chi connectivity index (χ1v) is 14.6. The van der Waals surface area contributed by atoms with Crippen LogP contribution in [-0.2, 0) is 9.47 Å². The average molecular weight is 617 g/mol. The Hall–Kier alpha value is -5.00. The number of anilines is 1. The summed E-state index contributed by atoms with van der Waals surface area (Å²) < 4.78 is 21.8. The molecule has 2 amide bonds. The first-order chi connectivity index (χ1) is 21.3. The summed E-state index contributed by atoms with van der Waals surface area (Å²) in [4.78, 5) is 43.3. The molecule has 0 aliphatic heterocycles. The Morgan fingerprint density at radius 3 is 2.27 bits per heavy atom. The smallest absolute Gasteiger partial charge is 0.435 e. The molecule has 238 valence electrons. The standard InChI is InChI=1S/C33H40N6O6/c1-32(2,3)44-30(40)37-26(38-31(41)45-33(4,5)6)15-11-17-35-28-22-18-24(42-7)25(43-8)19-23(22)36-29(39-28)21-14-9-12-20-13-10-16-34-27(20)21/h9-10,12-14,16,18-19H,11,15,17H2,1-8H3,(H,35,36,39)(H,37,38,40,41). The molecule has 4 rings (SSSR count). The van der Waals surface area contributed by atoms with E-state index in [0.717, 1.165) is 21.9 Å². The van der Waals surface area contributed by atoms with Gasteiger partial charge in [0.2, 0.25) is 0 Å². The number of hydrogen-bond acceptors (Lipinski definition) is 10. The molecule has 0 bridgehead atoms. The van der Waals surface area contributed by atoms with Gasteiger partial charge in [-0.25, -0.2) is 19.6 Å². The summed E-state index contributed by atoms with van der Waals surface area (Å²) in [7, 11) is 3.14. The number of para-hydroxylation sites is 1. The highest BCUT2D eigenvalue weighted by Crippen LogP contribution is 2.36. The quantitative estimate of drug-likeness (QED) is 0.122. The number of ether oxygens (including phenoxy) is 4. The number of fused-ring (bicyclic) bond motifs is 2. The number of amides is 2. The van der Waals surface area contributed by atoms with Crippen molar-refractivity contribution in [1.29, 1.82) is 0 Å². The van der Waals surface area contributed by atoms with E-state index < -0.39 is 23.4 Å². The first kappa shape index (κ1) is 32.9. The van der Waals surface area contributed by atoms with Crippen molar-refractivity contribution in [2.75, 3.05) is 26.1 Å². The lowest BCUT2D eigenvalue weighted by molar-refractivity contribution is 0.0561. The van der Waals surface area contributed by atoms with Crippen LogP contribution >= 0.6 is 0 Å². The summed E-state index contributed by atoms with van der Waals surface area (Å²) in [5, 5.41) is 7.67. The molecule has 0 unspecified atom stereocenters. The van der Waals surface area contributed by atoms with Gasteiger partial charge in [-0.05, 0) is 66.2 Å². The number of alkyl carbamates (subject to hydrolysis) is 1. The highest BCUT2D eigenvalue weighted by atomic mass is 16.6. The highest BCUT2D eigenvalue weighted by molar-refractivity contribution is 6.00. The van der Waals surface area contributed by atoms with Gasteiger partial charge in [0, 0.05) is 41.6 Å². The van der Waals surface area contributed by atoms with E-state index in [1.54, 1.807) is 68.0 Å². The highest BCUT2D eigenvalue weighted by Gasteiger charge is 2.21. The van der Waals surface area contributed by atoms with E-state index in [4.69, 9.17) is 28.9 Å². The van der Waals surface area contributed by atoms with Crippen LogP contribution in [0.3, 0.4) is 0 Å². The number of nitrogens with one attached hydrogen (secondary N) is 2. The zero-order valence-corrected chi connectivity index (χ0v) is 27.0. The first-order valence-electron chi connectivity index (χ1n) is 14.6. The second-order valence-corrected chi connectivity index (χ2v) is 12.2. The van der Waals surface area contributed by atoms with Gasteiger partial charge >= 0.3 is 12.2 Å². The average Bonchev–Trinajstić information content (AvgIpc) is 2.96. The number of rotatable bonds is 8. The fourth-order valence-corrected chi connectivity index (χ4v) is 4.42. The van der Waals surface area contributed by atoms with Crippen molar-refractivity contribution in [1.82, 2.24) is 20.3 Å². The van der Waals surface area contributed by atoms with Crippen LogP contribution in [0.15, 0.2) is 53.7 Å². The number of benzene rings is 2. The van der Waals surface area contributed by atoms with E-state index in [0.29, 0.717) is 41.6 Å². The third-order valence-corrected chi connectivity index (χ3v) is 6.22. The van der Waals surface area contributed by atoms with Gasteiger partial charge in [-0.1, -0.05) is 18.2 Å².